The Balaban J connectivity index is 2.21. The lowest BCUT2D eigenvalue weighted by Gasteiger charge is -2.34. The summed E-state index contributed by atoms with van der Waals surface area (Å²) in [6.07, 6.45) is 2.84. The zero-order valence-electron chi connectivity index (χ0n) is 10.3. The maximum Gasteiger partial charge on any atom is 0.148 e. The zero-order chi connectivity index (χ0) is 12.3. The number of ether oxygens (including phenoxy) is 1. The number of rotatable bonds is 3. The summed E-state index contributed by atoms with van der Waals surface area (Å²) in [6, 6.07) is 0. The van der Waals surface area contributed by atoms with Gasteiger partial charge in [0.2, 0.25) is 0 Å². The second-order valence-corrected chi connectivity index (χ2v) is 4.16. The van der Waals surface area contributed by atoms with Crippen LogP contribution in [0, 0.1) is 6.92 Å². The molecule has 1 aromatic heterocycles. The molecule has 17 heavy (non-hydrogen) atoms. The molecule has 1 aromatic rings. The van der Waals surface area contributed by atoms with Crippen molar-refractivity contribution in [2.45, 2.75) is 26.4 Å². The molecular formula is C11H19N5O. The first-order valence-corrected chi connectivity index (χ1v) is 5.91. The fraction of sp³-hybridized carbons (Fsp3) is 0.636. The van der Waals surface area contributed by atoms with E-state index in [1.807, 2.05) is 6.92 Å². The van der Waals surface area contributed by atoms with Crippen molar-refractivity contribution < 1.29 is 4.74 Å². The third-order valence-electron chi connectivity index (χ3n) is 3.09. The highest BCUT2D eigenvalue weighted by atomic mass is 16.5. The largest absolute Gasteiger partial charge is 0.375 e. The number of hydrazine groups is 1. The lowest BCUT2D eigenvalue weighted by Crippen LogP contribution is -2.43. The topological polar surface area (TPSA) is 76.3 Å². The molecule has 0 radical (unpaired) electrons. The molecule has 1 fully saturated rings. The maximum absolute atomic E-state index is 5.65. The molecule has 6 heteroatoms. The predicted molar refractivity (Wildman–Crippen MR) is 66.8 cm³/mol. The van der Waals surface area contributed by atoms with Crippen molar-refractivity contribution in [3.63, 3.8) is 0 Å². The molecule has 1 saturated heterocycles. The molecule has 1 aliphatic rings. The Labute approximate surface area is 101 Å². The lowest BCUT2D eigenvalue weighted by atomic mass is 10.2. The number of morpholine rings is 1. The van der Waals surface area contributed by atoms with Gasteiger partial charge in [-0.1, -0.05) is 6.92 Å². The molecule has 3 N–H and O–H groups in total. The lowest BCUT2D eigenvalue weighted by molar-refractivity contribution is 0.0381. The molecule has 0 aliphatic carbocycles. The molecular weight excluding hydrogens is 218 g/mol. The first-order valence-electron chi connectivity index (χ1n) is 5.91. The Hall–Kier alpha value is -1.40. The van der Waals surface area contributed by atoms with Crippen LogP contribution in [-0.2, 0) is 4.74 Å². The summed E-state index contributed by atoms with van der Waals surface area (Å²) in [5.41, 5.74) is 3.57. The van der Waals surface area contributed by atoms with Crippen molar-refractivity contribution in [2.24, 2.45) is 5.84 Å². The smallest absolute Gasteiger partial charge is 0.148 e. The van der Waals surface area contributed by atoms with E-state index in [-0.39, 0.29) is 6.10 Å². The third-order valence-corrected chi connectivity index (χ3v) is 3.09. The summed E-state index contributed by atoms with van der Waals surface area (Å²) in [6.45, 7) is 6.58. The van der Waals surface area contributed by atoms with Crippen LogP contribution in [0.5, 0.6) is 0 Å². The van der Waals surface area contributed by atoms with Gasteiger partial charge in [0.05, 0.1) is 12.7 Å². The summed E-state index contributed by atoms with van der Waals surface area (Å²) in [5, 5.41) is 0. The van der Waals surface area contributed by atoms with Crippen LogP contribution < -0.4 is 16.2 Å². The van der Waals surface area contributed by atoms with Gasteiger partial charge < -0.3 is 15.1 Å². The average molecular weight is 237 g/mol. The van der Waals surface area contributed by atoms with Crippen molar-refractivity contribution in [3.05, 3.63) is 11.9 Å². The molecule has 0 aromatic carbocycles. The third kappa shape index (κ3) is 2.48. The van der Waals surface area contributed by atoms with Crippen molar-refractivity contribution in [1.82, 2.24) is 9.97 Å². The van der Waals surface area contributed by atoms with Crippen LogP contribution in [0.3, 0.4) is 0 Å². The quantitative estimate of drug-likeness (QED) is 0.595. The minimum absolute atomic E-state index is 0.285. The minimum Gasteiger partial charge on any atom is -0.375 e. The van der Waals surface area contributed by atoms with Gasteiger partial charge in [0.25, 0.3) is 0 Å². The molecule has 94 valence electrons. The predicted octanol–water partition coefficient (Wildman–Crippen LogP) is 0.686. The monoisotopic (exact) mass is 237 g/mol. The molecule has 0 bridgehead atoms. The van der Waals surface area contributed by atoms with Crippen LogP contribution in [0.25, 0.3) is 0 Å². The van der Waals surface area contributed by atoms with E-state index in [0.29, 0.717) is 5.82 Å². The van der Waals surface area contributed by atoms with Gasteiger partial charge in [-0.05, 0) is 13.3 Å². The standard InChI is InChI=1S/C11H19N5O/c1-3-9-6-16(4-5-17-9)11-8(2)10(15-12)13-7-14-11/h7,9H,3-6,12H2,1-2H3,(H,13,14,15). The molecule has 6 nitrogen and oxygen atoms in total. The van der Waals surface area contributed by atoms with Crippen LogP contribution in [0.2, 0.25) is 0 Å². The Morgan fingerprint density at radius 2 is 2.41 bits per heavy atom. The van der Waals surface area contributed by atoms with Gasteiger partial charge in [-0.2, -0.15) is 0 Å². The van der Waals surface area contributed by atoms with Crippen molar-refractivity contribution >= 4 is 11.6 Å². The second-order valence-electron chi connectivity index (χ2n) is 4.16. The van der Waals surface area contributed by atoms with Gasteiger partial charge in [0.15, 0.2) is 0 Å². The van der Waals surface area contributed by atoms with E-state index in [4.69, 9.17) is 10.6 Å². The summed E-state index contributed by atoms with van der Waals surface area (Å²) in [5.74, 6) is 7.03. The summed E-state index contributed by atoms with van der Waals surface area (Å²) in [4.78, 5) is 10.7. The first kappa shape index (κ1) is 12.1. The molecule has 0 saturated carbocycles. The summed E-state index contributed by atoms with van der Waals surface area (Å²) < 4.78 is 5.65. The molecule has 2 heterocycles. The number of nitrogens with two attached hydrogens (primary N) is 1. The summed E-state index contributed by atoms with van der Waals surface area (Å²) in [7, 11) is 0. The van der Waals surface area contributed by atoms with Gasteiger partial charge in [0, 0.05) is 18.7 Å². The number of hydrogen-bond donors (Lipinski definition) is 2. The minimum atomic E-state index is 0.285. The Morgan fingerprint density at radius 1 is 1.59 bits per heavy atom. The number of nitrogens with one attached hydrogen (secondary N) is 1. The molecule has 2 rings (SSSR count). The first-order chi connectivity index (χ1) is 8.26. The Kier molecular flexibility index (Phi) is 3.75. The molecule has 1 unspecified atom stereocenters. The number of nitrogen functional groups attached to an aromatic ring is 1. The number of anilines is 2. The highest BCUT2D eigenvalue weighted by molar-refractivity contribution is 5.57. The maximum atomic E-state index is 5.65. The highest BCUT2D eigenvalue weighted by Gasteiger charge is 2.22. The van der Waals surface area contributed by atoms with Crippen LogP contribution >= 0.6 is 0 Å². The van der Waals surface area contributed by atoms with Gasteiger partial charge in [-0.3, -0.25) is 0 Å². The van der Waals surface area contributed by atoms with E-state index in [1.54, 1.807) is 0 Å². The van der Waals surface area contributed by atoms with E-state index >= 15 is 0 Å². The zero-order valence-corrected chi connectivity index (χ0v) is 10.3. The normalized spacial score (nSPS) is 20.4. The van der Waals surface area contributed by atoms with Crippen LogP contribution in [0.1, 0.15) is 18.9 Å². The van der Waals surface area contributed by atoms with Gasteiger partial charge in [-0.25, -0.2) is 15.8 Å². The fourth-order valence-corrected chi connectivity index (χ4v) is 2.06. The van der Waals surface area contributed by atoms with Crippen molar-refractivity contribution in [2.75, 3.05) is 30.0 Å². The van der Waals surface area contributed by atoms with Crippen molar-refractivity contribution in [3.8, 4) is 0 Å². The molecule has 0 spiro atoms. The SMILES string of the molecule is CCC1CN(c2ncnc(NN)c2C)CCO1. The summed E-state index contributed by atoms with van der Waals surface area (Å²) >= 11 is 0. The molecule has 0 amide bonds. The van der Waals surface area contributed by atoms with E-state index in [0.717, 1.165) is 37.5 Å². The number of aromatic nitrogens is 2. The number of hydrogen-bond acceptors (Lipinski definition) is 6. The fourth-order valence-electron chi connectivity index (χ4n) is 2.06. The van der Waals surface area contributed by atoms with Gasteiger partial charge in [0.1, 0.15) is 18.0 Å². The Morgan fingerprint density at radius 3 is 3.12 bits per heavy atom. The van der Waals surface area contributed by atoms with Crippen LogP contribution in [0.4, 0.5) is 11.6 Å². The average Bonchev–Trinajstić information content (AvgIpc) is 2.39. The van der Waals surface area contributed by atoms with E-state index in [2.05, 4.69) is 27.2 Å². The Bertz CT molecular complexity index is 384. The second kappa shape index (κ2) is 5.29. The number of nitrogens with zero attached hydrogens (tertiary/aromatic N) is 3. The molecule has 1 aliphatic heterocycles. The van der Waals surface area contributed by atoms with Gasteiger partial charge in [-0.15, -0.1) is 0 Å². The van der Waals surface area contributed by atoms with Crippen LogP contribution in [-0.4, -0.2) is 35.8 Å². The van der Waals surface area contributed by atoms with Crippen LogP contribution in [0.15, 0.2) is 6.33 Å². The van der Waals surface area contributed by atoms with Gasteiger partial charge >= 0.3 is 0 Å². The molecule has 1 atom stereocenters. The van der Waals surface area contributed by atoms with E-state index in [1.165, 1.54) is 6.33 Å². The van der Waals surface area contributed by atoms with E-state index in [9.17, 15) is 0 Å². The van der Waals surface area contributed by atoms with Crippen molar-refractivity contribution in [1.29, 1.82) is 0 Å². The highest BCUT2D eigenvalue weighted by Crippen LogP contribution is 2.23. The van der Waals surface area contributed by atoms with E-state index < -0.39 is 0 Å².